The van der Waals surface area contributed by atoms with Crippen molar-refractivity contribution >= 4 is 17.6 Å². The van der Waals surface area contributed by atoms with Crippen LogP contribution in [0.2, 0.25) is 0 Å². The van der Waals surface area contributed by atoms with Crippen molar-refractivity contribution in [1.29, 1.82) is 0 Å². The zero-order chi connectivity index (χ0) is 19.9. The van der Waals surface area contributed by atoms with Gasteiger partial charge in [-0.15, -0.1) is 0 Å². The monoisotopic (exact) mass is 377 g/mol. The number of carbonyl (C=O) groups excluding carboxylic acids is 2. The van der Waals surface area contributed by atoms with Gasteiger partial charge in [0.15, 0.2) is 5.82 Å². The molecule has 1 aromatic heterocycles. The van der Waals surface area contributed by atoms with Crippen LogP contribution in [-0.4, -0.2) is 35.5 Å². The lowest BCUT2D eigenvalue weighted by Gasteiger charge is -2.18. The molecule has 0 radical (unpaired) electrons. The van der Waals surface area contributed by atoms with Crippen molar-refractivity contribution in [3.05, 3.63) is 83.1 Å². The molecule has 0 aliphatic heterocycles. The Labute approximate surface area is 164 Å². The molecule has 0 saturated heterocycles. The van der Waals surface area contributed by atoms with Crippen molar-refractivity contribution in [2.45, 2.75) is 19.8 Å². The Kier molecular flexibility index (Phi) is 6.22. The molecule has 28 heavy (non-hydrogen) atoms. The predicted molar refractivity (Wildman–Crippen MR) is 107 cm³/mol. The molecule has 0 saturated carbocycles. The Bertz CT molecular complexity index is 950. The molecule has 2 aromatic carbocycles. The van der Waals surface area contributed by atoms with Crippen LogP contribution in [-0.2, 0) is 17.6 Å². The molecule has 0 unspecified atom stereocenters. The summed E-state index contributed by atoms with van der Waals surface area (Å²) in [4.78, 5) is 26.5. The van der Waals surface area contributed by atoms with Crippen molar-refractivity contribution in [3.8, 4) is 0 Å². The number of hydrogen-bond acceptors (Lipinski definition) is 4. The Hall–Kier alpha value is -3.41. The van der Waals surface area contributed by atoms with E-state index in [1.165, 1.54) is 10.5 Å². The van der Waals surface area contributed by atoms with E-state index in [-0.39, 0.29) is 18.4 Å². The molecule has 2 amide bonds. The molecule has 0 aliphatic carbocycles. The third-order valence-electron chi connectivity index (χ3n) is 4.40. The molecule has 0 atom stereocenters. The van der Waals surface area contributed by atoms with E-state index in [2.05, 4.69) is 22.6 Å². The Morgan fingerprint density at radius 1 is 1.04 bits per heavy atom. The van der Waals surface area contributed by atoms with Crippen LogP contribution >= 0.6 is 0 Å². The van der Waals surface area contributed by atoms with E-state index in [1.807, 2.05) is 36.4 Å². The lowest BCUT2D eigenvalue weighted by molar-refractivity contribution is -0.116. The number of aryl methyl sites for hydroxylation is 3. The van der Waals surface area contributed by atoms with Gasteiger partial charge >= 0.3 is 0 Å². The summed E-state index contributed by atoms with van der Waals surface area (Å²) >= 11 is 0. The average molecular weight is 377 g/mol. The fourth-order valence-corrected chi connectivity index (χ4v) is 2.97. The van der Waals surface area contributed by atoms with Crippen LogP contribution in [0.25, 0.3) is 0 Å². The van der Waals surface area contributed by atoms with Gasteiger partial charge in [0.25, 0.3) is 5.91 Å². The van der Waals surface area contributed by atoms with Crippen molar-refractivity contribution in [2.75, 3.05) is 18.9 Å². The molecule has 3 aromatic rings. The van der Waals surface area contributed by atoms with E-state index in [0.717, 1.165) is 18.4 Å². The molecule has 6 heteroatoms. The van der Waals surface area contributed by atoms with E-state index in [9.17, 15) is 9.59 Å². The smallest absolute Gasteiger partial charge is 0.254 e. The zero-order valence-electron chi connectivity index (χ0n) is 16.0. The molecule has 0 bridgehead atoms. The van der Waals surface area contributed by atoms with Crippen LogP contribution in [0.5, 0.6) is 0 Å². The number of rotatable bonds is 7. The lowest BCUT2D eigenvalue weighted by Crippen LogP contribution is -2.35. The summed E-state index contributed by atoms with van der Waals surface area (Å²) in [6, 6.07) is 19.3. The van der Waals surface area contributed by atoms with E-state index in [0.29, 0.717) is 17.1 Å². The number of nitrogens with one attached hydrogen (secondary N) is 1. The second-order valence-corrected chi connectivity index (χ2v) is 6.67. The normalized spacial score (nSPS) is 10.5. The summed E-state index contributed by atoms with van der Waals surface area (Å²) in [6.07, 6.45) is 1.60. The molecular weight excluding hydrogens is 354 g/mol. The minimum atomic E-state index is -0.328. The molecule has 144 valence electrons. The van der Waals surface area contributed by atoms with Crippen LogP contribution < -0.4 is 5.32 Å². The molecule has 3 rings (SSSR count). The third kappa shape index (κ3) is 5.07. The maximum Gasteiger partial charge on any atom is 0.254 e. The molecule has 1 heterocycles. The van der Waals surface area contributed by atoms with Gasteiger partial charge in [0.1, 0.15) is 5.76 Å². The number of likely N-dealkylation sites (N-methyl/N-ethyl adjacent to an activating group) is 1. The van der Waals surface area contributed by atoms with Gasteiger partial charge in [0.2, 0.25) is 5.91 Å². The second kappa shape index (κ2) is 8.99. The number of amides is 2. The average Bonchev–Trinajstić information content (AvgIpc) is 3.11. The number of hydrogen-bond donors (Lipinski definition) is 1. The Morgan fingerprint density at radius 3 is 2.46 bits per heavy atom. The number of carbonyl (C=O) groups is 2. The van der Waals surface area contributed by atoms with Gasteiger partial charge in [-0.1, -0.05) is 53.7 Å². The Balaban J connectivity index is 1.63. The fraction of sp³-hybridized carbons (Fsp3) is 0.227. The summed E-state index contributed by atoms with van der Waals surface area (Å²) < 4.78 is 4.92. The maximum atomic E-state index is 12.9. The van der Waals surface area contributed by atoms with E-state index >= 15 is 0 Å². The highest BCUT2D eigenvalue weighted by molar-refractivity contribution is 5.99. The van der Waals surface area contributed by atoms with E-state index in [1.54, 1.807) is 26.1 Å². The van der Waals surface area contributed by atoms with Crippen molar-refractivity contribution in [3.63, 3.8) is 0 Å². The summed E-state index contributed by atoms with van der Waals surface area (Å²) in [7, 11) is 1.62. The second-order valence-electron chi connectivity index (χ2n) is 6.67. The SMILES string of the molecule is Cc1cc(NC(=O)CN(C)C(=O)c2ccccc2CCc2ccccc2)no1. The van der Waals surface area contributed by atoms with Crippen LogP contribution in [0.4, 0.5) is 5.82 Å². The standard InChI is InChI=1S/C22H23N3O3/c1-16-14-20(24-28-16)23-21(26)15-25(2)22(27)19-11-7-6-10-18(19)13-12-17-8-4-3-5-9-17/h3-11,14H,12-13,15H2,1-2H3,(H,23,24,26). The van der Waals surface area contributed by atoms with Gasteiger partial charge in [0, 0.05) is 18.7 Å². The minimum Gasteiger partial charge on any atom is -0.360 e. The van der Waals surface area contributed by atoms with Crippen molar-refractivity contribution < 1.29 is 14.1 Å². The molecular formula is C22H23N3O3. The quantitative estimate of drug-likeness (QED) is 0.684. The maximum absolute atomic E-state index is 12.9. The van der Waals surface area contributed by atoms with Gasteiger partial charge < -0.3 is 14.7 Å². The highest BCUT2D eigenvalue weighted by Gasteiger charge is 2.18. The zero-order valence-corrected chi connectivity index (χ0v) is 16.0. The number of anilines is 1. The van der Waals surface area contributed by atoms with Crippen molar-refractivity contribution in [2.24, 2.45) is 0 Å². The highest BCUT2D eigenvalue weighted by atomic mass is 16.5. The first-order chi connectivity index (χ1) is 13.5. The van der Waals surface area contributed by atoms with Crippen LogP contribution in [0.1, 0.15) is 27.2 Å². The number of aromatic nitrogens is 1. The number of nitrogens with zero attached hydrogens (tertiary/aromatic N) is 2. The third-order valence-corrected chi connectivity index (χ3v) is 4.40. The van der Waals surface area contributed by atoms with Gasteiger partial charge in [-0.3, -0.25) is 9.59 Å². The largest absolute Gasteiger partial charge is 0.360 e. The minimum absolute atomic E-state index is 0.0717. The van der Waals surface area contributed by atoms with Gasteiger partial charge in [-0.25, -0.2) is 0 Å². The van der Waals surface area contributed by atoms with Gasteiger partial charge in [0.05, 0.1) is 6.54 Å². The summed E-state index contributed by atoms with van der Waals surface area (Å²) in [5.74, 6) is 0.430. The molecule has 0 aliphatic rings. The first-order valence-electron chi connectivity index (χ1n) is 9.13. The first-order valence-corrected chi connectivity index (χ1v) is 9.13. The summed E-state index contributed by atoms with van der Waals surface area (Å²) in [5.41, 5.74) is 2.81. The lowest BCUT2D eigenvalue weighted by atomic mass is 9.99. The van der Waals surface area contributed by atoms with E-state index < -0.39 is 0 Å². The fourth-order valence-electron chi connectivity index (χ4n) is 2.97. The molecule has 0 fully saturated rings. The van der Waals surface area contributed by atoms with Gasteiger partial charge in [-0.05, 0) is 37.0 Å². The van der Waals surface area contributed by atoms with Crippen LogP contribution in [0.3, 0.4) is 0 Å². The first kappa shape index (κ1) is 19.4. The molecule has 1 N–H and O–H groups in total. The van der Waals surface area contributed by atoms with E-state index in [4.69, 9.17) is 4.52 Å². The van der Waals surface area contributed by atoms with Gasteiger partial charge in [-0.2, -0.15) is 0 Å². The highest BCUT2D eigenvalue weighted by Crippen LogP contribution is 2.15. The van der Waals surface area contributed by atoms with Crippen LogP contribution in [0.15, 0.2) is 65.2 Å². The molecule has 0 spiro atoms. The summed E-state index contributed by atoms with van der Waals surface area (Å²) in [5, 5.41) is 6.35. The summed E-state index contributed by atoms with van der Waals surface area (Å²) in [6.45, 7) is 1.67. The molecule has 6 nitrogen and oxygen atoms in total. The van der Waals surface area contributed by atoms with Crippen molar-refractivity contribution in [1.82, 2.24) is 10.1 Å². The van der Waals surface area contributed by atoms with Crippen LogP contribution in [0, 0.1) is 6.92 Å². The topological polar surface area (TPSA) is 75.4 Å². The predicted octanol–water partition coefficient (Wildman–Crippen LogP) is 3.48. The number of benzene rings is 2. The Morgan fingerprint density at radius 2 is 1.75 bits per heavy atom.